The Morgan fingerprint density at radius 3 is 2.60 bits per heavy atom. The van der Waals surface area contributed by atoms with E-state index in [1.54, 1.807) is 12.1 Å². The molecule has 0 spiro atoms. The van der Waals surface area contributed by atoms with Gasteiger partial charge in [-0.05, 0) is 56.4 Å². The van der Waals surface area contributed by atoms with E-state index < -0.39 is 0 Å². The lowest BCUT2D eigenvalue weighted by molar-refractivity contribution is -0.126. The van der Waals surface area contributed by atoms with E-state index in [9.17, 15) is 9.18 Å². The monoisotopic (exact) mass is 346 g/mol. The quantitative estimate of drug-likeness (QED) is 0.805. The molecule has 0 bridgehead atoms. The maximum absolute atomic E-state index is 12.8. The van der Waals surface area contributed by atoms with Gasteiger partial charge in [0.15, 0.2) is 0 Å². The van der Waals surface area contributed by atoms with Crippen molar-refractivity contribution in [3.8, 4) is 5.75 Å². The number of nitrogens with one attached hydrogen (secondary N) is 1. The number of halogens is 1. The summed E-state index contributed by atoms with van der Waals surface area (Å²) in [5.41, 5.74) is 0. The van der Waals surface area contributed by atoms with E-state index in [4.69, 9.17) is 4.74 Å². The molecule has 2 aliphatic rings. The van der Waals surface area contributed by atoms with Crippen molar-refractivity contribution >= 4 is 5.91 Å². The van der Waals surface area contributed by atoms with E-state index in [1.807, 2.05) is 0 Å². The highest BCUT2D eigenvalue weighted by Crippen LogP contribution is 2.19. The zero-order valence-corrected chi connectivity index (χ0v) is 14.6. The minimum Gasteiger partial charge on any atom is -0.492 e. The second-order valence-corrected chi connectivity index (χ2v) is 6.91. The third kappa shape index (κ3) is 5.56. The van der Waals surface area contributed by atoms with Crippen LogP contribution >= 0.6 is 0 Å². The lowest BCUT2D eigenvalue weighted by atomic mass is 9.93. The number of benzene rings is 1. The molecule has 1 aliphatic heterocycles. The fourth-order valence-electron chi connectivity index (χ4n) is 3.48. The molecule has 1 unspecified atom stereocenters. The van der Waals surface area contributed by atoms with Gasteiger partial charge in [-0.2, -0.15) is 0 Å². The van der Waals surface area contributed by atoms with Crippen molar-refractivity contribution in [3.05, 3.63) is 42.2 Å². The zero-order chi connectivity index (χ0) is 17.5. The highest BCUT2D eigenvalue weighted by molar-refractivity contribution is 5.79. The second kappa shape index (κ2) is 8.99. The minimum atomic E-state index is -0.249. The SMILES string of the molecule is O=C(NC1CCN(CCOc2ccc(F)cc2)CC1)C1CC=CCC1. The van der Waals surface area contributed by atoms with Crippen molar-refractivity contribution in [2.45, 2.75) is 38.1 Å². The lowest BCUT2D eigenvalue weighted by Crippen LogP contribution is -2.47. The molecule has 5 heteroatoms. The summed E-state index contributed by atoms with van der Waals surface area (Å²) in [6, 6.07) is 6.42. The number of amides is 1. The van der Waals surface area contributed by atoms with Crippen LogP contribution in [0.15, 0.2) is 36.4 Å². The van der Waals surface area contributed by atoms with Gasteiger partial charge in [-0.15, -0.1) is 0 Å². The number of nitrogens with zero attached hydrogens (tertiary/aromatic N) is 1. The Morgan fingerprint density at radius 1 is 1.16 bits per heavy atom. The van der Waals surface area contributed by atoms with Gasteiger partial charge >= 0.3 is 0 Å². The summed E-state index contributed by atoms with van der Waals surface area (Å²) in [7, 11) is 0. The molecule has 1 aliphatic carbocycles. The maximum atomic E-state index is 12.8. The lowest BCUT2D eigenvalue weighted by Gasteiger charge is -2.33. The van der Waals surface area contributed by atoms with Crippen molar-refractivity contribution in [3.63, 3.8) is 0 Å². The second-order valence-electron chi connectivity index (χ2n) is 6.91. The molecule has 4 nitrogen and oxygen atoms in total. The van der Waals surface area contributed by atoms with Crippen LogP contribution in [0.5, 0.6) is 5.75 Å². The summed E-state index contributed by atoms with van der Waals surface area (Å²) in [6.45, 7) is 3.40. The van der Waals surface area contributed by atoms with Crippen molar-refractivity contribution in [1.29, 1.82) is 0 Å². The molecule has 0 radical (unpaired) electrons. The van der Waals surface area contributed by atoms with E-state index in [-0.39, 0.29) is 17.6 Å². The van der Waals surface area contributed by atoms with E-state index in [0.717, 1.165) is 51.7 Å². The maximum Gasteiger partial charge on any atom is 0.223 e. The van der Waals surface area contributed by atoms with Crippen LogP contribution in [-0.4, -0.2) is 43.1 Å². The molecule has 1 aromatic rings. The van der Waals surface area contributed by atoms with Gasteiger partial charge in [0, 0.05) is 31.6 Å². The summed E-state index contributed by atoms with van der Waals surface area (Å²) in [5, 5.41) is 3.23. The summed E-state index contributed by atoms with van der Waals surface area (Å²) >= 11 is 0. The van der Waals surface area contributed by atoms with Crippen LogP contribution in [0.4, 0.5) is 4.39 Å². The third-order valence-electron chi connectivity index (χ3n) is 5.06. The number of ether oxygens (including phenoxy) is 1. The standard InChI is InChI=1S/C20H27FN2O2/c21-17-6-8-19(9-7-17)25-15-14-23-12-10-18(11-13-23)22-20(24)16-4-2-1-3-5-16/h1-2,6-9,16,18H,3-5,10-15H2,(H,22,24). The first-order valence-electron chi connectivity index (χ1n) is 9.27. The Hall–Kier alpha value is -1.88. The van der Waals surface area contributed by atoms with Crippen LogP contribution in [0.25, 0.3) is 0 Å². The smallest absolute Gasteiger partial charge is 0.223 e. The van der Waals surface area contributed by atoms with Gasteiger partial charge in [-0.3, -0.25) is 9.69 Å². The Balaban J connectivity index is 1.32. The van der Waals surface area contributed by atoms with E-state index in [0.29, 0.717) is 18.4 Å². The molecule has 25 heavy (non-hydrogen) atoms. The Labute approximate surface area is 149 Å². The predicted octanol–water partition coefficient (Wildman–Crippen LogP) is 3.14. The Morgan fingerprint density at radius 2 is 1.92 bits per heavy atom. The normalized spacial score (nSPS) is 21.9. The predicted molar refractivity (Wildman–Crippen MR) is 96.0 cm³/mol. The van der Waals surface area contributed by atoms with E-state index in [1.165, 1.54) is 12.1 Å². The van der Waals surface area contributed by atoms with Crippen molar-refractivity contribution in [1.82, 2.24) is 10.2 Å². The van der Waals surface area contributed by atoms with Crippen molar-refractivity contribution in [2.75, 3.05) is 26.2 Å². The van der Waals surface area contributed by atoms with Crippen molar-refractivity contribution < 1.29 is 13.9 Å². The molecular formula is C20H27FN2O2. The van der Waals surface area contributed by atoms with Crippen LogP contribution < -0.4 is 10.1 Å². The fourth-order valence-corrected chi connectivity index (χ4v) is 3.48. The molecule has 1 fully saturated rings. The average Bonchev–Trinajstić information content (AvgIpc) is 2.65. The minimum absolute atomic E-state index is 0.159. The number of likely N-dealkylation sites (tertiary alicyclic amines) is 1. The van der Waals surface area contributed by atoms with Crippen LogP contribution in [0.1, 0.15) is 32.1 Å². The van der Waals surface area contributed by atoms with Gasteiger partial charge in [-0.25, -0.2) is 4.39 Å². The number of allylic oxidation sites excluding steroid dienone is 2. The molecule has 1 saturated heterocycles. The molecule has 1 N–H and O–H groups in total. The van der Waals surface area contributed by atoms with Gasteiger partial charge in [0.05, 0.1) is 0 Å². The van der Waals surface area contributed by atoms with Gasteiger partial charge in [0.25, 0.3) is 0 Å². The number of hydrogen-bond acceptors (Lipinski definition) is 3. The topological polar surface area (TPSA) is 41.6 Å². The van der Waals surface area contributed by atoms with Crippen LogP contribution in [0.2, 0.25) is 0 Å². The third-order valence-corrected chi connectivity index (χ3v) is 5.06. The largest absolute Gasteiger partial charge is 0.492 e. The summed E-state index contributed by atoms with van der Waals surface area (Å²) in [5.74, 6) is 0.834. The molecule has 1 amide bonds. The molecule has 1 aromatic carbocycles. The first kappa shape index (κ1) is 17.9. The van der Waals surface area contributed by atoms with E-state index >= 15 is 0 Å². The summed E-state index contributed by atoms with van der Waals surface area (Å²) in [6.07, 6.45) is 9.14. The summed E-state index contributed by atoms with van der Waals surface area (Å²) < 4.78 is 18.5. The fraction of sp³-hybridized carbons (Fsp3) is 0.550. The first-order valence-corrected chi connectivity index (χ1v) is 9.27. The Bertz CT molecular complexity index is 580. The van der Waals surface area contributed by atoms with Crippen LogP contribution in [0, 0.1) is 11.7 Å². The number of carbonyl (C=O) groups excluding carboxylic acids is 1. The molecule has 1 heterocycles. The highest BCUT2D eigenvalue weighted by Gasteiger charge is 2.24. The molecule has 0 aromatic heterocycles. The van der Waals surface area contributed by atoms with Gasteiger partial charge in [-0.1, -0.05) is 12.2 Å². The number of carbonyl (C=O) groups is 1. The van der Waals surface area contributed by atoms with Gasteiger partial charge in [0.2, 0.25) is 5.91 Å². The van der Waals surface area contributed by atoms with Gasteiger partial charge in [0.1, 0.15) is 18.2 Å². The average molecular weight is 346 g/mol. The van der Waals surface area contributed by atoms with Crippen LogP contribution in [-0.2, 0) is 4.79 Å². The zero-order valence-electron chi connectivity index (χ0n) is 14.6. The molecule has 136 valence electrons. The highest BCUT2D eigenvalue weighted by atomic mass is 19.1. The molecule has 1 atom stereocenters. The first-order chi connectivity index (χ1) is 12.2. The summed E-state index contributed by atoms with van der Waals surface area (Å²) in [4.78, 5) is 14.7. The van der Waals surface area contributed by atoms with E-state index in [2.05, 4.69) is 22.4 Å². The number of piperidine rings is 1. The molecule has 0 saturated carbocycles. The van der Waals surface area contributed by atoms with Gasteiger partial charge < -0.3 is 10.1 Å². The Kier molecular flexibility index (Phi) is 6.45. The van der Waals surface area contributed by atoms with Crippen LogP contribution in [0.3, 0.4) is 0 Å². The number of hydrogen-bond donors (Lipinski definition) is 1. The van der Waals surface area contributed by atoms with Crippen molar-refractivity contribution in [2.24, 2.45) is 5.92 Å². The molecular weight excluding hydrogens is 319 g/mol. The number of rotatable bonds is 6. The molecule has 3 rings (SSSR count).